The Morgan fingerprint density at radius 2 is 2.10 bits per heavy atom. The lowest BCUT2D eigenvalue weighted by Crippen LogP contribution is -2.28. The summed E-state index contributed by atoms with van der Waals surface area (Å²) >= 11 is 0. The van der Waals surface area contributed by atoms with Crippen molar-refractivity contribution in [3.8, 4) is 11.8 Å². The molecule has 0 spiro atoms. The number of methoxy groups -OCH3 is 1. The van der Waals surface area contributed by atoms with Gasteiger partial charge in [-0.1, -0.05) is 11.8 Å². The number of rotatable bonds is 6. The van der Waals surface area contributed by atoms with Crippen molar-refractivity contribution in [2.45, 2.75) is 18.2 Å². The smallest absolute Gasteiger partial charge is 0.242 e. The quantitative estimate of drug-likeness (QED) is 0.628. The van der Waals surface area contributed by atoms with E-state index in [0.29, 0.717) is 25.1 Å². The lowest BCUT2D eigenvalue weighted by molar-refractivity contribution is 0.189. The second-order valence-corrected chi connectivity index (χ2v) is 6.65. The Kier molecular flexibility index (Phi) is 6.85. The van der Waals surface area contributed by atoms with Crippen LogP contribution in [-0.4, -0.2) is 51.7 Å². The molecule has 0 aromatic heterocycles. The molecule has 0 saturated heterocycles. The first-order valence-corrected chi connectivity index (χ1v) is 8.03. The first-order chi connectivity index (χ1) is 9.93. The molecule has 0 bridgehead atoms. The van der Waals surface area contributed by atoms with Crippen molar-refractivity contribution in [3.63, 3.8) is 0 Å². The lowest BCUT2D eigenvalue weighted by atomic mass is 10.1. The van der Waals surface area contributed by atoms with Crippen LogP contribution >= 0.6 is 0 Å². The van der Waals surface area contributed by atoms with Gasteiger partial charge >= 0.3 is 0 Å². The molecule has 1 rings (SSSR count). The van der Waals surface area contributed by atoms with Crippen molar-refractivity contribution in [2.75, 3.05) is 33.9 Å². The van der Waals surface area contributed by atoms with Crippen LogP contribution in [-0.2, 0) is 14.8 Å². The van der Waals surface area contributed by atoms with E-state index in [2.05, 4.69) is 11.8 Å². The number of aliphatic hydroxyl groups excluding tert-OH is 1. The van der Waals surface area contributed by atoms with Crippen LogP contribution in [0, 0.1) is 18.8 Å². The summed E-state index contributed by atoms with van der Waals surface area (Å²) in [5.74, 6) is 5.34. The van der Waals surface area contributed by atoms with E-state index in [1.807, 2.05) is 0 Å². The van der Waals surface area contributed by atoms with Gasteiger partial charge in [-0.15, -0.1) is 0 Å². The molecule has 0 fully saturated rings. The van der Waals surface area contributed by atoms with Crippen molar-refractivity contribution in [1.29, 1.82) is 0 Å². The highest BCUT2D eigenvalue weighted by Crippen LogP contribution is 2.18. The minimum absolute atomic E-state index is 0.221. The summed E-state index contributed by atoms with van der Waals surface area (Å²) in [5.41, 5.74) is 1.48. The van der Waals surface area contributed by atoms with Crippen LogP contribution in [0.15, 0.2) is 23.1 Å². The predicted molar refractivity (Wildman–Crippen MR) is 81.5 cm³/mol. The Hall–Kier alpha value is -1.39. The van der Waals surface area contributed by atoms with E-state index in [1.54, 1.807) is 33.2 Å². The fourth-order valence-corrected chi connectivity index (χ4v) is 3.10. The summed E-state index contributed by atoms with van der Waals surface area (Å²) in [6.07, 6.45) is 0.644. The summed E-state index contributed by atoms with van der Waals surface area (Å²) < 4.78 is 31.1. The van der Waals surface area contributed by atoms with Gasteiger partial charge in [-0.05, 0) is 37.1 Å². The third-order valence-electron chi connectivity index (χ3n) is 3.03. The Balaban J connectivity index is 2.96. The van der Waals surface area contributed by atoms with Gasteiger partial charge in [0.25, 0.3) is 0 Å². The second-order valence-electron chi connectivity index (χ2n) is 4.61. The maximum atomic E-state index is 12.4. The standard InChI is InChI=1S/C15H21NO4S/c1-13-12-15(8-7-14(13)6-4-10-17)21(18,19)16(2)9-5-11-20-3/h7-8,12,17H,5,9-11H2,1-3H3. The number of ether oxygens (including phenoxy) is 1. The van der Waals surface area contributed by atoms with Gasteiger partial charge in [0.05, 0.1) is 4.90 Å². The number of aryl methyl sites for hydroxylation is 1. The Morgan fingerprint density at radius 1 is 1.38 bits per heavy atom. The second kappa shape index (κ2) is 8.15. The molecule has 0 saturated carbocycles. The molecule has 5 nitrogen and oxygen atoms in total. The van der Waals surface area contributed by atoms with Crippen LogP contribution in [0.25, 0.3) is 0 Å². The highest BCUT2D eigenvalue weighted by Gasteiger charge is 2.20. The Morgan fingerprint density at radius 3 is 2.67 bits per heavy atom. The molecule has 0 atom stereocenters. The molecule has 0 aliphatic carbocycles. The van der Waals surface area contributed by atoms with Crippen LogP contribution in [0.2, 0.25) is 0 Å². The Bertz CT molecular complexity index is 629. The van der Waals surface area contributed by atoms with E-state index in [-0.39, 0.29) is 11.5 Å². The van der Waals surface area contributed by atoms with Gasteiger partial charge in [0.2, 0.25) is 10.0 Å². The van der Waals surface area contributed by atoms with Gasteiger partial charge in [0.1, 0.15) is 6.61 Å². The highest BCUT2D eigenvalue weighted by molar-refractivity contribution is 7.89. The average molecular weight is 311 g/mol. The zero-order valence-electron chi connectivity index (χ0n) is 12.6. The van der Waals surface area contributed by atoms with Gasteiger partial charge in [-0.2, -0.15) is 0 Å². The molecule has 0 amide bonds. The van der Waals surface area contributed by atoms with Gasteiger partial charge in [0, 0.05) is 32.9 Å². The number of sulfonamides is 1. The largest absolute Gasteiger partial charge is 0.385 e. The SMILES string of the molecule is COCCCN(C)S(=O)(=O)c1ccc(C#CCO)c(C)c1. The summed E-state index contributed by atoms with van der Waals surface area (Å²) in [7, 11) is -0.356. The first kappa shape index (κ1) is 17.7. The van der Waals surface area contributed by atoms with Crippen molar-refractivity contribution < 1.29 is 18.3 Å². The highest BCUT2D eigenvalue weighted by atomic mass is 32.2. The normalized spacial score (nSPS) is 11.3. The summed E-state index contributed by atoms with van der Waals surface area (Å²) in [4.78, 5) is 0.245. The maximum Gasteiger partial charge on any atom is 0.242 e. The molecule has 1 N–H and O–H groups in total. The first-order valence-electron chi connectivity index (χ1n) is 6.59. The average Bonchev–Trinajstić information content (AvgIpc) is 2.46. The van der Waals surface area contributed by atoms with E-state index >= 15 is 0 Å². The fourth-order valence-electron chi connectivity index (χ4n) is 1.80. The maximum absolute atomic E-state index is 12.4. The van der Waals surface area contributed by atoms with Crippen molar-refractivity contribution >= 4 is 10.0 Å². The van der Waals surface area contributed by atoms with E-state index < -0.39 is 10.0 Å². The third-order valence-corrected chi connectivity index (χ3v) is 4.88. The molecular weight excluding hydrogens is 290 g/mol. The number of nitrogens with zero attached hydrogens (tertiary/aromatic N) is 1. The van der Waals surface area contributed by atoms with Crippen LogP contribution in [0.4, 0.5) is 0 Å². The van der Waals surface area contributed by atoms with Crippen LogP contribution in [0.1, 0.15) is 17.5 Å². The Labute approximate surface area is 126 Å². The number of benzene rings is 1. The van der Waals surface area contributed by atoms with Gasteiger partial charge in [-0.3, -0.25) is 0 Å². The lowest BCUT2D eigenvalue weighted by Gasteiger charge is -2.17. The number of hydrogen-bond donors (Lipinski definition) is 1. The summed E-state index contributed by atoms with van der Waals surface area (Å²) in [6.45, 7) is 2.50. The zero-order chi connectivity index (χ0) is 15.9. The number of aliphatic hydroxyl groups is 1. The van der Waals surface area contributed by atoms with E-state index in [1.165, 1.54) is 10.4 Å². The molecule has 6 heteroatoms. The number of hydrogen-bond acceptors (Lipinski definition) is 4. The van der Waals surface area contributed by atoms with Crippen molar-refractivity contribution in [1.82, 2.24) is 4.31 Å². The molecule has 116 valence electrons. The van der Waals surface area contributed by atoms with Crippen molar-refractivity contribution in [2.24, 2.45) is 0 Å². The predicted octanol–water partition coefficient (Wildman–Crippen LogP) is 0.996. The van der Waals surface area contributed by atoms with Gasteiger partial charge in [-0.25, -0.2) is 12.7 Å². The third kappa shape index (κ3) is 4.83. The summed E-state index contributed by atoms with van der Waals surface area (Å²) in [6, 6.07) is 4.80. The molecule has 0 unspecified atom stereocenters. The topological polar surface area (TPSA) is 66.8 Å². The zero-order valence-corrected chi connectivity index (χ0v) is 13.4. The van der Waals surface area contributed by atoms with Crippen LogP contribution in [0.5, 0.6) is 0 Å². The van der Waals surface area contributed by atoms with Crippen molar-refractivity contribution in [3.05, 3.63) is 29.3 Å². The molecule has 0 aliphatic heterocycles. The molecule has 0 radical (unpaired) electrons. The molecule has 0 aliphatic rings. The molecular formula is C15H21NO4S. The molecule has 0 heterocycles. The molecule has 1 aromatic rings. The van der Waals surface area contributed by atoms with Gasteiger partial charge < -0.3 is 9.84 Å². The molecule has 1 aromatic carbocycles. The van der Waals surface area contributed by atoms with E-state index in [4.69, 9.17) is 9.84 Å². The molecule has 21 heavy (non-hydrogen) atoms. The fraction of sp³-hybridized carbons (Fsp3) is 0.467. The monoisotopic (exact) mass is 311 g/mol. The van der Waals surface area contributed by atoms with Gasteiger partial charge in [0.15, 0.2) is 0 Å². The minimum atomic E-state index is -3.50. The van der Waals surface area contributed by atoms with Crippen LogP contribution < -0.4 is 0 Å². The minimum Gasteiger partial charge on any atom is -0.385 e. The van der Waals surface area contributed by atoms with E-state index in [0.717, 1.165) is 5.56 Å². The summed E-state index contributed by atoms with van der Waals surface area (Å²) in [5, 5.41) is 8.69. The van der Waals surface area contributed by atoms with Crippen LogP contribution in [0.3, 0.4) is 0 Å². The van der Waals surface area contributed by atoms with E-state index in [9.17, 15) is 8.42 Å².